The summed E-state index contributed by atoms with van der Waals surface area (Å²) in [7, 11) is 0. The van der Waals surface area contributed by atoms with E-state index in [1.807, 2.05) is 0 Å². The van der Waals surface area contributed by atoms with Crippen molar-refractivity contribution in [2.75, 3.05) is 0 Å². The van der Waals surface area contributed by atoms with E-state index >= 15 is 0 Å². The largest absolute Gasteiger partial charge is 1.00 e. The summed E-state index contributed by atoms with van der Waals surface area (Å²) in [5, 5.41) is 9.53. The van der Waals surface area contributed by atoms with Gasteiger partial charge in [-0.1, -0.05) is 13.8 Å². The fourth-order valence-electron chi connectivity index (χ4n) is 0. The summed E-state index contributed by atoms with van der Waals surface area (Å²) in [5.41, 5.74) is 0. The number of hydrogen-bond donors (Lipinski definition) is 0. The molecule has 0 aromatic rings. The molecule has 0 atom stereocenters. The van der Waals surface area contributed by atoms with E-state index in [0.717, 1.165) is 0 Å². The molecule has 34 valence electrons. The molecule has 0 unspecified atom stereocenters. The molecule has 0 rings (SSSR count). The molecule has 4 heteroatoms. The van der Waals surface area contributed by atoms with Crippen LogP contribution in [0.25, 0.3) is 0 Å². The van der Waals surface area contributed by atoms with Gasteiger partial charge in [0.05, 0.1) is 0 Å². The average Bonchev–Trinajstić information content (AvgIpc) is 0.811. The maximum atomic E-state index is 9.53. The van der Waals surface area contributed by atoms with E-state index in [4.69, 9.17) is 0 Å². The zero-order valence-corrected chi connectivity index (χ0v) is 11.6. The normalized spacial score (nSPS) is 5.14. The zero-order chi connectivity index (χ0) is 3.58. The van der Waals surface area contributed by atoms with Gasteiger partial charge in [-0.25, -0.2) is 0 Å². The molecule has 0 saturated heterocycles. The Hall–Kier alpha value is 3.16. The van der Waals surface area contributed by atoms with Gasteiger partial charge in [0.1, 0.15) is 0 Å². The van der Waals surface area contributed by atoms with Crippen molar-refractivity contribution in [2.45, 2.75) is 20.0 Å². The van der Waals surface area contributed by atoms with Crippen LogP contribution < -0.4 is 113 Å². The molecule has 0 amide bonds. The molecular formula is C3H7FK2O. The van der Waals surface area contributed by atoms with Crippen LogP contribution in [-0.2, 0) is 0 Å². The summed E-state index contributed by atoms with van der Waals surface area (Å²) in [5.74, 6) is 0. The second kappa shape index (κ2) is 16.1. The summed E-state index contributed by atoms with van der Waals surface area (Å²) in [4.78, 5) is 0. The summed E-state index contributed by atoms with van der Waals surface area (Å²) < 4.78 is 0. The molecule has 0 radical (unpaired) electrons. The van der Waals surface area contributed by atoms with E-state index in [1.54, 1.807) is 13.8 Å². The van der Waals surface area contributed by atoms with E-state index in [2.05, 4.69) is 0 Å². The third kappa shape index (κ3) is 47.0. The molecule has 0 bridgehead atoms. The van der Waals surface area contributed by atoms with Gasteiger partial charge in [0.25, 0.3) is 0 Å². The smallest absolute Gasteiger partial charge is 1.00 e. The maximum Gasteiger partial charge on any atom is 1.00 e. The first-order chi connectivity index (χ1) is 1.73. The van der Waals surface area contributed by atoms with Crippen molar-refractivity contribution < 1.29 is 113 Å². The minimum Gasteiger partial charge on any atom is -1.00 e. The number of rotatable bonds is 0. The molecular weight excluding hydrogens is 149 g/mol. The molecule has 0 aliphatic heterocycles. The molecule has 0 saturated carbocycles. The van der Waals surface area contributed by atoms with Gasteiger partial charge in [-0.05, 0) is 0 Å². The van der Waals surface area contributed by atoms with Crippen LogP contribution in [0.3, 0.4) is 0 Å². The summed E-state index contributed by atoms with van der Waals surface area (Å²) >= 11 is 0. The SMILES string of the molecule is CC(C)[O-].[F-].[K+].[K+]. The van der Waals surface area contributed by atoms with E-state index in [-0.39, 0.29) is 107 Å². The summed E-state index contributed by atoms with van der Waals surface area (Å²) in [6.45, 7) is 3.22. The molecule has 7 heavy (non-hydrogen) atoms. The molecule has 0 spiro atoms. The Morgan fingerprint density at radius 3 is 1.14 bits per heavy atom. The summed E-state index contributed by atoms with van der Waals surface area (Å²) in [6, 6.07) is 0. The average molecular weight is 156 g/mol. The minimum absolute atomic E-state index is 0. The van der Waals surface area contributed by atoms with E-state index in [9.17, 15) is 5.11 Å². The Labute approximate surface area is 129 Å². The van der Waals surface area contributed by atoms with Crippen molar-refractivity contribution in [1.82, 2.24) is 0 Å². The Balaban J connectivity index is -0.0000000150. The van der Waals surface area contributed by atoms with Gasteiger partial charge in [-0.3, -0.25) is 0 Å². The fourth-order valence-corrected chi connectivity index (χ4v) is 0. The van der Waals surface area contributed by atoms with Crippen LogP contribution in [0.2, 0.25) is 0 Å². The van der Waals surface area contributed by atoms with Crippen molar-refractivity contribution in [3.05, 3.63) is 0 Å². The van der Waals surface area contributed by atoms with Crippen LogP contribution in [0.1, 0.15) is 13.8 Å². The van der Waals surface area contributed by atoms with Crippen molar-refractivity contribution in [1.29, 1.82) is 0 Å². The molecule has 0 heterocycles. The molecule has 0 N–H and O–H groups in total. The Morgan fingerprint density at radius 1 is 1.14 bits per heavy atom. The predicted molar refractivity (Wildman–Crippen MR) is 15.1 cm³/mol. The third-order valence-electron chi connectivity index (χ3n) is 0. The molecule has 0 aromatic carbocycles. The van der Waals surface area contributed by atoms with Gasteiger partial charge in [0.2, 0.25) is 0 Å². The standard InChI is InChI=1S/C3H7O.FH.2K/c1-3(2)4;;;/h3H,1-2H3;1H;;/q-1;;2*+1/p-1. The second-order valence-electron chi connectivity index (χ2n) is 1.05. The first-order valence-corrected chi connectivity index (χ1v) is 1.39. The van der Waals surface area contributed by atoms with Crippen molar-refractivity contribution in [2.24, 2.45) is 0 Å². The minimum atomic E-state index is -0.417. The zero-order valence-electron chi connectivity index (χ0n) is 5.36. The Morgan fingerprint density at radius 2 is 1.14 bits per heavy atom. The van der Waals surface area contributed by atoms with Crippen molar-refractivity contribution >= 4 is 0 Å². The van der Waals surface area contributed by atoms with E-state index in [0.29, 0.717) is 0 Å². The second-order valence-corrected chi connectivity index (χ2v) is 1.05. The molecule has 0 aliphatic carbocycles. The quantitative estimate of drug-likeness (QED) is 0.319. The molecule has 0 fully saturated rings. The van der Waals surface area contributed by atoms with E-state index in [1.165, 1.54) is 0 Å². The Bertz CT molecular complexity index is 17.7. The van der Waals surface area contributed by atoms with Gasteiger partial charge in [0.15, 0.2) is 0 Å². The molecule has 0 aromatic heterocycles. The van der Waals surface area contributed by atoms with Crippen LogP contribution in [0.4, 0.5) is 0 Å². The summed E-state index contributed by atoms with van der Waals surface area (Å²) in [6.07, 6.45) is -0.417. The number of hydrogen-bond acceptors (Lipinski definition) is 1. The van der Waals surface area contributed by atoms with Crippen LogP contribution in [0.15, 0.2) is 0 Å². The maximum absolute atomic E-state index is 9.53. The van der Waals surface area contributed by atoms with Gasteiger partial charge in [0, 0.05) is 0 Å². The first kappa shape index (κ1) is 22.5. The van der Waals surface area contributed by atoms with Crippen LogP contribution in [0.5, 0.6) is 0 Å². The van der Waals surface area contributed by atoms with Crippen LogP contribution >= 0.6 is 0 Å². The van der Waals surface area contributed by atoms with Crippen molar-refractivity contribution in [3.8, 4) is 0 Å². The van der Waals surface area contributed by atoms with Gasteiger partial charge >= 0.3 is 103 Å². The Kier molecular flexibility index (Phi) is 51.6. The van der Waals surface area contributed by atoms with Gasteiger partial charge in [-0.2, -0.15) is 0 Å². The topological polar surface area (TPSA) is 23.1 Å². The van der Waals surface area contributed by atoms with Crippen molar-refractivity contribution in [3.63, 3.8) is 0 Å². The third-order valence-corrected chi connectivity index (χ3v) is 0. The van der Waals surface area contributed by atoms with Gasteiger partial charge < -0.3 is 9.81 Å². The van der Waals surface area contributed by atoms with E-state index < -0.39 is 6.10 Å². The molecule has 1 nitrogen and oxygen atoms in total. The number of halogens is 1. The van der Waals surface area contributed by atoms with Gasteiger partial charge in [-0.15, -0.1) is 6.10 Å². The predicted octanol–water partition coefficient (Wildman–Crippen LogP) is -9.23. The first-order valence-electron chi connectivity index (χ1n) is 1.39. The monoisotopic (exact) mass is 156 g/mol. The molecule has 0 aliphatic rings. The van der Waals surface area contributed by atoms with Crippen LogP contribution in [-0.4, -0.2) is 6.10 Å². The fraction of sp³-hybridized carbons (Fsp3) is 1.00. The van der Waals surface area contributed by atoms with Crippen LogP contribution in [0, 0.1) is 0 Å².